The van der Waals surface area contributed by atoms with E-state index in [1.165, 1.54) is 54.5 Å². The Hall–Kier alpha value is -3.47. The van der Waals surface area contributed by atoms with E-state index in [1.54, 1.807) is 0 Å². The summed E-state index contributed by atoms with van der Waals surface area (Å²) in [5.74, 6) is 0.857. The number of hydrogen-bond donors (Lipinski definition) is 0. The molecule has 0 atom stereocenters. The van der Waals surface area contributed by atoms with Crippen molar-refractivity contribution in [1.82, 2.24) is 24.1 Å². The van der Waals surface area contributed by atoms with Crippen LogP contribution >= 0.6 is 0 Å². The molecule has 0 saturated heterocycles. The first-order valence-corrected chi connectivity index (χ1v) is 11.2. The number of benzene rings is 2. The number of nitrogens with zero attached hydrogens (tertiary/aromatic N) is 5. The van der Waals surface area contributed by atoms with E-state index in [9.17, 15) is 0 Å². The van der Waals surface area contributed by atoms with Crippen molar-refractivity contribution in [1.29, 1.82) is 0 Å². The predicted octanol–water partition coefficient (Wildman–Crippen LogP) is 6.23. The largest absolute Gasteiger partial charge is 0.321 e. The molecule has 1 saturated carbocycles. The van der Waals surface area contributed by atoms with Gasteiger partial charge in [-0.1, -0.05) is 79.9 Å². The number of fused-ring (bicyclic) bond motifs is 3. The van der Waals surface area contributed by atoms with Crippen molar-refractivity contribution in [2.75, 3.05) is 0 Å². The standard InChI is InChI=1S/C26H25N5/c1-18-28-29-26-23-22(19-11-5-2-6-12-19)24(20-13-7-3-8-14-20)31(21-15-9-4-10-16-21)25(23)27-17-30(18)26/h2-3,5-8,11-14,17,21H,4,9-10,15-16H2,1H3. The van der Waals surface area contributed by atoms with Gasteiger partial charge in [-0.05, 0) is 30.9 Å². The topological polar surface area (TPSA) is 48.0 Å². The summed E-state index contributed by atoms with van der Waals surface area (Å²) in [5.41, 5.74) is 6.77. The molecule has 0 aliphatic heterocycles. The molecule has 0 spiro atoms. The summed E-state index contributed by atoms with van der Waals surface area (Å²) in [5, 5.41) is 10.1. The van der Waals surface area contributed by atoms with E-state index in [0.717, 1.165) is 22.5 Å². The minimum atomic E-state index is 0.447. The predicted molar refractivity (Wildman–Crippen MR) is 124 cm³/mol. The van der Waals surface area contributed by atoms with Crippen LogP contribution in [0, 0.1) is 6.92 Å². The Morgan fingerprint density at radius 2 is 1.45 bits per heavy atom. The number of aryl methyl sites for hydroxylation is 1. The van der Waals surface area contributed by atoms with Crippen LogP contribution in [0.3, 0.4) is 0 Å². The van der Waals surface area contributed by atoms with Crippen molar-refractivity contribution < 1.29 is 0 Å². The minimum Gasteiger partial charge on any atom is -0.321 e. The molecule has 1 aliphatic carbocycles. The van der Waals surface area contributed by atoms with Gasteiger partial charge in [0.1, 0.15) is 17.8 Å². The van der Waals surface area contributed by atoms with Gasteiger partial charge in [0, 0.05) is 11.6 Å². The Morgan fingerprint density at radius 3 is 2.16 bits per heavy atom. The molecule has 0 amide bonds. The van der Waals surface area contributed by atoms with Crippen LogP contribution in [0.4, 0.5) is 0 Å². The molecule has 0 N–H and O–H groups in total. The van der Waals surface area contributed by atoms with Crippen LogP contribution in [0.2, 0.25) is 0 Å². The summed E-state index contributed by atoms with van der Waals surface area (Å²) < 4.78 is 4.52. The molecule has 1 aliphatic rings. The van der Waals surface area contributed by atoms with Gasteiger partial charge in [-0.3, -0.25) is 4.40 Å². The van der Waals surface area contributed by atoms with Gasteiger partial charge >= 0.3 is 0 Å². The van der Waals surface area contributed by atoms with Gasteiger partial charge in [0.2, 0.25) is 0 Å². The fourth-order valence-corrected chi connectivity index (χ4v) is 5.17. The molecule has 1 fully saturated rings. The van der Waals surface area contributed by atoms with Gasteiger partial charge in [0.05, 0.1) is 11.1 Å². The molecule has 5 nitrogen and oxygen atoms in total. The van der Waals surface area contributed by atoms with Crippen LogP contribution in [0.1, 0.15) is 44.0 Å². The fraction of sp³-hybridized carbons (Fsp3) is 0.269. The lowest BCUT2D eigenvalue weighted by Crippen LogP contribution is -2.14. The smallest absolute Gasteiger partial charge is 0.173 e. The van der Waals surface area contributed by atoms with Crippen LogP contribution in [0.5, 0.6) is 0 Å². The summed E-state index contributed by atoms with van der Waals surface area (Å²) in [6, 6.07) is 21.9. The Balaban J connectivity index is 1.80. The first-order chi connectivity index (χ1) is 15.3. The molecule has 154 valence electrons. The van der Waals surface area contributed by atoms with Gasteiger partial charge < -0.3 is 4.57 Å². The lowest BCUT2D eigenvalue weighted by atomic mass is 9.94. The summed E-state index contributed by atoms with van der Waals surface area (Å²) >= 11 is 0. The maximum atomic E-state index is 5.00. The van der Waals surface area contributed by atoms with Crippen molar-refractivity contribution >= 4 is 16.7 Å². The van der Waals surface area contributed by atoms with Gasteiger partial charge in [0.25, 0.3) is 0 Å². The van der Waals surface area contributed by atoms with Crippen LogP contribution in [-0.2, 0) is 0 Å². The van der Waals surface area contributed by atoms with E-state index in [-0.39, 0.29) is 0 Å². The van der Waals surface area contributed by atoms with Gasteiger partial charge in [-0.2, -0.15) is 0 Å². The lowest BCUT2D eigenvalue weighted by Gasteiger charge is -2.26. The molecule has 5 aromatic rings. The Bertz CT molecular complexity index is 1360. The van der Waals surface area contributed by atoms with Gasteiger partial charge in [0.15, 0.2) is 5.65 Å². The monoisotopic (exact) mass is 407 g/mol. The zero-order valence-corrected chi connectivity index (χ0v) is 17.7. The van der Waals surface area contributed by atoms with Crippen molar-refractivity contribution in [3.8, 4) is 22.4 Å². The maximum Gasteiger partial charge on any atom is 0.173 e. The van der Waals surface area contributed by atoms with Crippen molar-refractivity contribution in [3.63, 3.8) is 0 Å². The zero-order valence-electron chi connectivity index (χ0n) is 17.7. The van der Waals surface area contributed by atoms with Crippen LogP contribution < -0.4 is 0 Å². The normalized spacial score (nSPS) is 15.1. The highest BCUT2D eigenvalue weighted by Gasteiger charge is 2.28. The molecule has 3 aromatic heterocycles. The van der Waals surface area contributed by atoms with Crippen LogP contribution in [0.25, 0.3) is 39.1 Å². The molecule has 31 heavy (non-hydrogen) atoms. The number of rotatable bonds is 3. The van der Waals surface area contributed by atoms with Crippen LogP contribution in [0.15, 0.2) is 67.0 Å². The second-order valence-electron chi connectivity index (χ2n) is 8.50. The summed E-state index contributed by atoms with van der Waals surface area (Å²) in [6.45, 7) is 1.98. The molecule has 2 aromatic carbocycles. The van der Waals surface area contributed by atoms with Crippen LogP contribution in [-0.4, -0.2) is 24.1 Å². The third kappa shape index (κ3) is 2.87. The Morgan fingerprint density at radius 1 is 0.774 bits per heavy atom. The minimum absolute atomic E-state index is 0.447. The molecule has 5 heteroatoms. The van der Waals surface area contributed by atoms with E-state index in [4.69, 9.17) is 4.98 Å². The average Bonchev–Trinajstić information content (AvgIpc) is 3.39. The fourth-order valence-electron chi connectivity index (χ4n) is 5.17. The summed E-state index contributed by atoms with van der Waals surface area (Å²) in [4.78, 5) is 5.00. The highest BCUT2D eigenvalue weighted by molar-refractivity contribution is 6.09. The second kappa shape index (κ2) is 7.34. The second-order valence-corrected chi connectivity index (χ2v) is 8.50. The molecule has 6 rings (SSSR count). The van der Waals surface area contributed by atoms with E-state index < -0.39 is 0 Å². The molecular formula is C26H25N5. The van der Waals surface area contributed by atoms with Gasteiger partial charge in [-0.15, -0.1) is 10.2 Å². The molecule has 3 heterocycles. The Labute approximate surface area is 181 Å². The van der Waals surface area contributed by atoms with Crippen molar-refractivity contribution in [2.45, 2.75) is 45.1 Å². The zero-order chi connectivity index (χ0) is 20.8. The van der Waals surface area contributed by atoms with E-state index in [1.807, 2.05) is 17.7 Å². The third-order valence-corrected chi connectivity index (χ3v) is 6.61. The van der Waals surface area contributed by atoms with Gasteiger partial charge in [-0.25, -0.2) is 4.98 Å². The van der Waals surface area contributed by atoms with E-state index >= 15 is 0 Å². The highest BCUT2D eigenvalue weighted by atomic mass is 15.3. The SMILES string of the molecule is Cc1nnc2c3c(-c4ccccc4)c(-c4ccccc4)n(C4CCCCC4)c3ncn12. The number of aromatic nitrogens is 5. The van der Waals surface area contributed by atoms with E-state index in [0.29, 0.717) is 6.04 Å². The molecule has 0 unspecified atom stereocenters. The first kappa shape index (κ1) is 18.3. The molecular weight excluding hydrogens is 382 g/mol. The van der Waals surface area contributed by atoms with Crippen molar-refractivity contribution in [3.05, 3.63) is 72.8 Å². The number of hydrogen-bond acceptors (Lipinski definition) is 3. The molecule has 0 radical (unpaired) electrons. The van der Waals surface area contributed by atoms with Crippen molar-refractivity contribution in [2.24, 2.45) is 0 Å². The summed E-state index contributed by atoms with van der Waals surface area (Å²) in [7, 11) is 0. The first-order valence-electron chi connectivity index (χ1n) is 11.2. The average molecular weight is 408 g/mol. The van der Waals surface area contributed by atoms with E-state index in [2.05, 4.69) is 75.4 Å². The maximum absolute atomic E-state index is 5.00. The quantitative estimate of drug-likeness (QED) is 0.356. The molecule has 0 bridgehead atoms. The highest BCUT2D eigenvalue weighted by Crippen LogP contribution is 2.45. The Kier molecular flexibility index (Phi) is 4.34. The lowest BCUT2D eigenvalue weighted by molar-refractivity contribution is 0.362. The summed E-state index contributed by atoms with van der Waals surface area (Å²) in [6.07, 6.45) is 8.13. The third-order valence-electron chi connectivity index (χ3n) is 6.61.